The Bertz CT molecular complexity index is 2270. The summed E-state index contributed by atoms with van der Waals surface area (Å²) in [5, 5.41) is 13.2. The van der Waals surface area contributed by atoms with Crippen LogP contribution in [0, 0.1) is 17.2 Å². The summed E-state index contributed by atoms with van der Waals surface area (Å²) in [4.78, 5) is 84.0. The van der Waals surface area contributed by atoms with E-state index in [4.69, 9.17) is 28.0 Å². The first kappa shape index (κ1) is 46.2. The molecule has 1 aromatic carbocycles. The number of hydrogen-bond acceptors (Lipinski definition) is 15. The van der Waals surface area contributed by atoms with Gasteiger partial charge in [0.25, 0.3) is 5.91 Å². The minimum atomic E-state index is -4.90. The topological polar surface area (TPSA) is 233 Å². The number of aromatic nitrogens is 1. The van der Waals surface area contributed by atoms with Gasteiger partial charge in [0.1, 0.15) is 12.1 Å². The molecule has 0 radical (unpaired) electrons. The number of thiophene rings is 1. The molecule has 6 rings (SSSR count). The van der Waals surface area contributed by atoms with Crippen molar-refractivity contribution in [3.8, 4) is 6.07 Å². The van der Waals surface area contributed by atoms with E-state index in [9.17, 15) is 38.6 Å². The zero-order chi connectivity index (χ0) is 44.7. The normalized spacial score (nSPS) is 22.1. The summed E-state index contributed by atoms with van der Waals surface area (Å²) in [5.74, 6) is -4.59. The Morgan fingerprint density at radius 1 is 0.935 bits per heavy atom. The number of amides is 3. The van der Waals surface area contributed by atoms with Gasteiger partial charge >= 0.3 is 19.9 Å². The maximum Gasteiger partial charge on any atom is 0.510 e. The summed E-state index contributed by atoms with van der Waals surface area (Å²) in [6, 6.07) is 9.14. The molecule has 0 bridgehead atoms. The number of halogens is 1. The molecule has 2 aromatic heterocycles. The first-order chi connectivity index (χ1) is 29.6. The van der Waals surface area contributed by atoms with Gasteiger partial charge in [0.15, 0.2) is 0 Å². The second-order valence-electron chi connectivity index (χ2n) is 15.8. The molecule has 62 heavy (non-hydrogen) atoms. The van der Waals surface area contributed by atoms with Crippen LogP contribution in [-0.2, 0) is 42.1 Å². The second kappa shape index (κ2) is 20.2. The van der Waals surface area contributed by atoms with Gasteiger partial charge in [-0.3, -0.25) is 32.8 Å². The number of alkyl halides is 1. The highest BCUT2D eigenvalue weighted by molar-refractivity contribution is 7.54. The Hall–Kier alpha value is -5.35. The molecule has 6 atom stereocenters. The second-order valence-corrected chi connectivity index (χ2v) is 18.9. The van der Waals surface area contributed by atoms with E-state index in [1.165, 1.54) is 36.5 Å². The fourth-order valence-corrected chi connectivity index (χ4v) is 10.1. The summed E-state index contributed by atoms with van der Waals surface area (Å²) >= 11 is 1.08. The van der Waals surface area contributed by atoms with Gasteiger partial charge in [0, 0.05) is 42.0 Å². The van der Waals surface area contributed by atoms with Crippen molar-refractivity contribution < 1.29 is 60.9 Å². The van der Waals surface area contributed by atoms with Gasteiger partial charge in [-0.1, -0.05) is 18.9 Å². The van der Waals surface area contributed by atoms with Crippen molar-refractivity contribution in [2.24, 2.45) is 5.92 Å². The molecular weight excluding hydrogens is 853 g/mol. The first-order valence-corrected chi connectivity index (χ1v) is 22.7. The fourth-order valence-electron chi connectivity index (χ4n) is 7.91. The number of hydrogen-bond donors (Lipinski definition) is 2. The van der Waals surface area contributed by atoms with Crippen molar-refractivity contribution in [1.82, 2.24) is 20.1 Å². The molecule has 3 amide bonds. The highest BCUT2D eigenvalue weighted by Crippen LogP contribution is 2.62. The van der Waals surface area contributed by atoms with Crippen molar-refractivity contribution >= 4 is 59.1 Å². The number of nitriles is 1. The van der Waals surface area contributed by atoms with Crippen LogP contribution in [0.2, 0.25) is 0 Å². The van der Waals surface area contributed by atoms with Crippen molar-refractivity contribution in [3.05, 3.63) is 69.0 Å². The third-order valence-electron chi connectivity index (χ3n) is 10.7. The van der Waals surface area contributed by atoms with E-state index in [2.05, 4.69) is 16.4 Å². The lowest BCUT2D eigenvalue weighted by Gasteiger charge is -2.36. The van der Waals surface area contributed by atoms with Gasteiger partial charge in [0.2, 0.25) is 36.9 Å². The molecule has 0 unspecified atom stereocenters. The van der Waals surface area contributed by atoms with Crippen LogP contribution in [0.15, 0.2) is 47.4 Å². The Kier molecular flexibility index (Phi) is 15.1. The molecular formula is C41H49FN5O13PS. The Morgan fingerprint density at radius 3 is 2.26 bits per heavy atom. The molecule has 0 spiro atoms. The van der Waals surface area contributed by atoms with Gasteiger partial charge < -0.3 is 39.0 Å². The van der Waals surface area contributed by atoms with E-state index in [0.717, 1.165) is 17.8 Å². The summed E-state index contributed by atoms with van der Waals surface area (Å²) in [6.07, 6.45) is 1.61. The third-order valence-corrected chi connectivity index (χ3v) is 13.6. The van der Waals surface area contributed by atoms with E-state index < -0.39 is 75.5 Å². The quantitative estimate of drug-likeness (QED) is 0.0984. The SMILES string of the molecule is CC(C)OC(=O)OCOP(=O)(OCOC(=O)OC(C)C)[C@@H](F)c1ccc2sc(C(=O)N[C@H]3CCCC[C@H]4CC[C@@H](C(=O)N5C[C@H](c6cc[nH]c(=O)c6)[C@@H](C#N)C5)N4C3=O)cc2c1. The largest absolute Gasteiger partial charge is 0.510 e. The van der Waals surface area contributed by atoms with E-state index in [1.807, 2.05) is 0 Å². The number of fused-ring (bicyclic) bond motifs is 2. The van der Waals surface area contributed by atoms with Gasteiger partial charge in [0.05, 0.1) is 29.1 Å². The van der Waals surface area contributed by atoms with E-state index in [0.29, 0.717) is 47.8 Å². The van der Waals surface area contributed by atoms with Crippen molar-refractivity contribution in [2.75, 3.05) is 26.7 Å². The van der Waals surface area contributed by atoms with Gasteiger partial charge in [-0.15, -0.1) is 11.3 Å². The van der Waals surface area contributed by atoms with Crippen LogP contribution >= 0.6 is 18.9 Å². The average Bonchev–Trinajstić information content (AvgIpc) is 3.97. The Balaban J connectivity index is 1.15. The molecule has 0 saturated carbocycles. The standard InChI is InChI=1S/C41H49FN5O13PS/c1-23(2)59-40(52)55-21-57-61(54,58-22-56-41(53)60-24(3)4)36(42)26-9-12-33-27(15-26)16-34(62-33)37(49)45-31-8-6-5-7-29-10-11-32(47(29)38(31)50)39(51)46-19-28(18-43)30(20-46)25-13-14-44-35(48)17-25/h9,12-17,23-24,28-32,36H,5-8,10-11,19-22H2,1-4H3,(H,44,48)(H,45,49)/t28-,29-,30+,31-,32-,36+/m0/s1. The summed E-state index contributed by atoms with van der Waals surface area (Å²) in [7, 11) is -4.90. The van der Waals surface area contributed by atoms with E-state index in [-0.39, 0.29) is 52.9 Å². The predicted octanol–water partition coefficient (Wildman–Crippen LogP) is 6.62. The van der Waals surface area contributed by atoms with Crippen LogP contribution in [-0.4, -0.2) is 102 Å². The molecule has 3 aliphatic rings. The number of ether oxygens (including phenoxy) is 4. The number of pyridine rings is 1. The number of nitrogens with zero attached hydrogens (tertiary/aromatic N) is 3. The van der Waals surface area contributed by atoms with E-state index in [1.54, 1.807) is 43.6 Å². The van der Waals surface area contributed by atoms with E-state index >= 15 is 4.39 Å². The molecule has 3 fully saturated rings. The molecule has 3 saturated heterocycles. The molecule has 2 N–H and O–H groups in total. The Labute approximate surface area is 360 Å². The minimum absolute atomic E-state index is 0.164. The smallest absolute Gasteiger partial charge is 0.432 e. The predicted molar refractivity (Wildman–Crippen MR) is 219 cm³/mol. The number of benzene rings is 1. The molecule has 3 aliphatic heterocycles. The zero-order valence-electron chi connectivity index (χ0n) is 34.6. The average molecular weight is 902 g/mol. The molecule has 5 heterocycles. The molecule has 18 nitrogen and oxygen atoms in total. The van der Waals surface area contributed by atoms with Gasteiger partial charge in [-0.25, -0.2) is 14.0 Å². The molecule has 3 aromatic rings. The molecule has 21 heteroatoms. The maximum absolute atomic E-state index is 16.2. The molecule has 334 valence electrons. The van der Waals surface area contributed by atoms with Crippen molar-refractivity contribution in [3.63, 3.8) is 0 Å². The summed E-state index contributed by atoms with van der Waals surface area (Å²) < 4.78 is 59.9. The van der Waals surface area contributed by atoms with Crippen LogP contribution in [0.3, 0.4) is 0 Å². The fraction of sp³-hybridized carbons (Fsp3) is 0.537. The number of carbonyl (C=O) groups excluding carboxylic acids is 5. The maximum atomic E-state index is 16.2. The van der Waals surface area contributed by atoms with Crippen LogP contribution < -0.4 is 10.9 Å². The van der Waals surface area contributed by atoms with Crippen LogP contribution in [0.4, 0.5) is 14.0 Å². The number of H-pyrrole nitrogens is 1. The van der Waals surface area contributed by atoms with Crippen LogP contribution in [0.25, 0.3) is 10.1 Å². The number of carbonyl (C=O) groups is 5. The highest BCUT2D eigenvalue weighted by atomic mass is 32.1. The van der Waals surface area contributed by atoms with Gasteiger partial charge in [-0.05, 0) is 94.2 Å². The van der Waals surface area contributed by atoms with Crippen molar-refractivity contribution in [2.45, 2.75) is 108 Å². The lowest BCUT2D eigenvalue weighted by Crippen LogP contribution is -2.56. The van der Waals surface area contributed by atoms with Crippen LogP contribution in [0.5, 0.6) is 0 Å². The lowest BCUT2D eigenvalue weighted by molar-refractivity contribution is -0.146. The van der Waals surface area contributed by atoms with Crippen molar-refractivity contribution in [1.29, 1.82) is 5.26 Å². The lowest BCUT2D eigenvalue weighted by atomic mass is 9.91. The number of likely N-dealkylation sites (tertiary alicyclic amines) is 1. The highest BCUT2D eigenvalue weighted by Gasteiger charge is 2.47. The number of aromatic amines is 1. The zero-order valence-corrected chi connectivity index (χ0v) is 36.3. The van der Waals surface area contributed by atoms with Gasteiger partial charge in [-0.2, -0.15) is 5.26 Å². The van der Waals surface area contributed by atoms with Crippen LogP contribution in [0.1, 0.15) is 98.8 Å². The first-order valence-electron chi connectivity index (χ1n) is 20.3. The number of rotatable bonds is 14. The monoisotopic (exact) mass is 901 g/mol. The third kappa shape index (κ3) is 11.0. The molecule has 0 aliphatic carbocycles. The number of nitrogens with one attached hydrogen (secondary N) is 2. The minimum Gasteiger partial charge on any atom is -0.432 e. The Morgan fingerprint density at radius 2 is 1.61 bits per heavy atom. The summed E-state index contributed by atoms with van der Waals surface area (Å²) in [5.41, 5.74) is 0.157. The summed E-state index contributed by atoms with van der Waals surface area (Å²) in [6.45, 7) is 4.58.